The van der Waals surface area contributed by atoms with Gasteiger partial charge in [0.2, 0.25) is 0 Å². The zero-order chi connectivity index (χ0) is 57.6. The molecule has 0 N–H and O–H groups in total. The van der Waals surface area contributed by atoms with E-state index in [1.54, 1.807) is 0 Å². The first-order valence-electron chi connectivity index (χ1n) is 30.5. The minimum Gasteiger partial charge on any atom is -0.311 e. The van der Waals surface area contributed by atoms with Crippen molar-refractivity contribution in [2.24, 2.45) is 0 Å². The summed E-state index contributed by atoms with van der Waals surface area (Å²) in [5.41, 5.74) is 28.6. The van der Waals surface area contributed by atoms with Gasteiger partial charge in [-0.25, -0.2) is 0 Å². The smallest absolute Gasteiger partial charge is 0.252 e. The second-order valence-corrected chi connectivity index (χ2v) is 24.8. The topological polar surface area (TPSA) is 17.9 Å². The third-order valence-electron chi connectivity index (χ3n) is 19.0. The lowest BCUT2D eigenvalue weighted by atomic mass is 9.30. The lowest BCUT2D eigenvalue weighted by Crippen LogP contribution is -2.65. The molecule has 87 heavy (non-hydrogen) atoms. The van der Waals surface area contributed by atoms with E-state index in [-0.39, 0.29) is 18.8 Å². The molecule has 4 aliphatic heterocycles. The summed E-state index contributed by atoms with van der Waals surface area (Å²) < 4.78 is 2.56. The number of rotatable bonds is 6. The van der Waals surface area contributed by atoms with Gasteiger partial charge in [-0.3, -0.25) is 0 Å². The van der Waals surface area contributed by atoms with Gasteiger partial charge in [0, 0.05) is 79.0 Å². The predicted octanol–water partition coefficient (Wildman–Crippen LogP) is 17.1. The van der Waals surface area contributed by atoms with E-state index in [4.69, 9.17) is 0 Å². The number of hydrogen-bond acceptors (Lipinski definition) is 4. The van der Waals surface area contributed by atoms with Crippen LogP contribution in [0.25, 0.3) is 49.4 Å². The van der Waals surface area contributed by atoms with Crippen molar-refractivity contribution in [3.8, 4) is 16.8 Å². The molecule has 0 unspecified atom stereocenters. The maximum atomic E-state index is 2.64. The fourth-order valence-electron chi connectivity index (χ4n) is 15.3. The van der Waals surface area contributed by atoms with Gasteiger partial charge in [0.15, 0.2) is 0 Å². The van der Waals surface area contributed by atoms with E-state index in [0.29, 0.717) is 0 Å². The van der Waals surface area contributed by atoms with Crippen LogP contribution in [0, 0.1) is 0 Å². The summed E-state index contributed by atoms with van der Waals surface area (Å²) in [5.74, 6) is 0. The third kappa shape index (κ3) is 7.30. The maximum absolute atomic E-state index is 2.64. The van der Waals surface area contributed by atoms with Crippen LogP contribution in [0.5, 0.6) is 0 Å². The highest BCUT2D eigenvalue weighted by atomic mass is 15.2. The van der Waals surface area contributed by atoms with Gasteiger partial charge in [0.1, 0.15) is 0 Å². The number of benzene rings is 13. The normalized spacial score (nSPS) is 13.6. The first-order valence-corrected chi connectivity index (χ1v) is 30.5. The van der Waals surface area contributed by atoms with E-state index in [1.165, 1.54) is 105 Å². The molecule has 0 bridgehead atoms. The molecular formula is C80H57B2N5. The van der Waals surface area contributed by atoms with Gasteiger partial charge in [0.25, 0.3) is 13.4 Å². The van der Waals surface area contributed by atoms with Crippen molar-refractivity contribution in [3.05, 3.63) is 297 Å². The number of aromatic nitrogens is 1. The van der Waals surface area contributed by atoms with Crippen LogP contribution in [-0.2, 0) is 5.41 Å². The van der Waals surface area contributed by atoms with Crippen molar-refractivity contribution in [1.29, 1.82) is 0 Å². The molecule has 5 heterocycles. The minimum atomic E-state index is -0.156. The average Bonchev–Trinajstić information content (AvgIpc) is 0.842. The van der Waals surface area contributed by atoms with Gasteiger partial charge in [-0.2, -0.15) is 0 Å². The molecule has 0 saturated heterocycles. The molecule has 0 amide bonds. The highest BCUT2D eigenvalue weighted by Crippen LogP contribution is 2.51. The molecule has 5 nitrogen and oxygen atoms in total. The first-order chi connectivity index (χ1) is 42.9. The number of nitrogens with zero attached hydrogens (tertiary/aromatic N) is 5. The molecule has 7 heteroatoms. The van der Waals surface area contributed by atoms with Crippen LogP contribution in [-0.4, -0.2) is 18.0 Å². The average molecular weight is 1110 g/mol. The molecule has 0 fully saturated rings. The summed E-state index contributed by atoms with van der Waals surface area (Å²) in [6.07, 6.45) is 0. The Morgan fingerprint density at radius 2 is 0.667 bits per heavy atom. The summed E-state index contributed by atoms with van der Waals surface area (Å²) >= 11 is 0. The van der Waals surface area contributed by atoms with Crippen molar-refractivity contribution < 1.29 is 0 Å². The van der Waals surface area contributed by atoms with Gasteiger partial charge in [0.05, 0.1) is 16.7 Å². The van der Waals surface area contributed by atoms with Gasteiger partial charge in [-0.15, -0.1) is 0 Å². The summed E-state index contributed by atoms with van der Waals surface area (Å²) in [6, 6.07) is 109. The fourth-order valence-corrected chi connectivity index (χ4v) is 15.3. The zero-order valence-electron chi connectivity index (χ0n) is 48.6. The van der Waals surface area contributed by atoms with E-state index >= 15 is 0 Å². The molecule has 13 aromatic carbocycles. The number of anilines is 12. The number of fused-ring (bicyclic) bond motifs is 13. The minimum absolute atomic E-state index is 0.0827. The number of hydrogen-bond donors (Lipinski definition) is 0. The van der Waals surface area contributed by atoms with Crippen LogP contribution >= 0.6 is 0 Å². The molecule has 1 aromatic heterocycles. The molecular weight excluding hydrogens is 1050 g/mol. The summed E-state index contributed by atoms with van der Waals surface area (Å²) in [6.45, 7) is 6.84. The van der Waals surface area contributed by atoms with E-state index in [1.807, 2.05) is 0 Å². The predicted molar refractivity (Wildman–Crippen MR) is 370 cm³/mol. The largest absolute Gasteiger partial charge is 0.311 e. The molecule has 4 aliphatic rings. The Hall–Kier alpha value is -10.8. The van der Waals surface area contributed by atoms with Crippen molar-refractivity contribution in [2.75, 3.05) is 19.6 Å². The molecule has 0 atom stereocenters. The lowest BCUT2D eigenvalue weighted by Gasteiger charge is -2.47. The van der Waals surface area contributed by atoms with Crippen LogP contribution in [0.15, 0.2) is 291 Å². The Balaban J connectivity index is 0.976. The van der Waals surface area contributed by atoms with Crippen LogP contribution in [0.3, 0.4) is 0 Å². The Labute approximate surface area is 508 Å². The second kappa shape index (κ2) is 18.9. The van der Waals surface area contributed by atoms with Gasteiger partial charge in [-0.05, 0) is 169 Å². The summed E-state index contributed by atoms with van der Waals surface area (Å²) in [4.78, 5) is 10.3. The third-order valence-corrected chi connectivity index (χ3v) is 19.0. The summed E-state index contributed by atoms with van der Waals surface area (Å²) in [7, 11) is 0. The quantitative estimate of drug-likeness (QED) is 0.154. The lowest BCUT2D eigenvalue weighted by molar-refractivity contribution is 0.590. The Kier molecular flexibility index (Phi) is 10.8. The Morgan fingerprint density at radius 1 is 0.276 bits per heavy atom. The molecule has 14 aromatic rings. The second-order valence-electron chi connectivity index (χ2n) is 24.8. The molecule has 0 radical (unpaired) electrons. The monoisotopic (exact) mass is 1110 g/mol. The highest BCUT2D eigenvalue weighted by molar-refractivity contribution is 7.03. The number of para-hydroxylation sites is 7. The first kappa shape index (κ1) is 49.7. The van der Waals surface area contributed by atoms with Gasteiger partial charge in [-0.1, -0.05) is 209 Å². The standard InChI is InChI=1S/C80H57B2N5/c1-80(2,3)53-45-73-78-74(46-53)85(56-33-15-7-16-34-56)70-51-71-66(50-65(70)81(78)63-40-22-25-43-68(63)83(73)54-29-11-5-12-30-54)82-64-41-23-26-44-69(64)84(55-31-13-6-14-32-55)75-47-58(48-76(79(75)82)86(71)57-35-17-8-18-36-57)87-67-42-24-21-39-61(67)77-60-38-20-19-37-59(60)62(49-72(77)87)52-27-9-4-10-28-52/h4-51H,1-3H3. The van der Waals surface area contributed by atoms with Gasteiger partial charge >= 0.3 is 0 Å². The van der Waals surface area contributed by atoms with Crippen LogP contribution in [0.4, 0.5) is 68.2 Å². The maximum Gasteiger partial charge on any atom is 0.252 e. The Morgan fingerprint density at radius 3 is 1.15 bits per heavy atom. The molecule has 0 saturated carbocycles. The molecule has 408 valence electrons. The fraction of sp³-hybridized carbons (Fsp3) is 0.0500. The van der Waals surface area contributed by atoms with E-state index < -0.39 is 0 Å². The molecule has 18 rings (SSSR count). The van der Waals surface area contributed by atoms with Crippen molar-refractivity contribution >= 4 is 147 Å². The van der Waals surface area contributed by atoms with Crippen LogP contribution in [0.1, 0.15) is 26.3 Å². The summed E-state index contributed by atoms with van der Waals surface area (Å²) in [5, 5.41) is 4.97. The van der Waals surface area contributed by atoms with Crippen molar-refractivity contribution in [1.82, 2.24) is 4.57 Å². The highest BCUT2D eigenvalue weighted by Gasteiger charge is 2.49. The van der Waals surface area contributed by atoms with Crippen molar-refractivity contribution in [2.45, 2.75) is 26.2 Å². The SMILES string of the molecule is CC(C)(C)c1cc2c3c(c1)N(c1ccccc1)c1cc4c(cc1B3c1ccccc1N2c1ccccc1)B1c2ccccc2N(c2ccccc2)c2cc(-n3c5ccccc5c5c6ccccc6c(-c6ccccc6)cc53)cc(c21)N4c1ccccc1. The zero-order valence-corrected chi connectivity index (χ0v) is 48.6. The van der Waals surface area contributed by atoms with Crippen LogP contribution in [0.2, 0.25) is 0 Å². The van der Waals surface area contributed by atoms with E-state index in [9.17, 15) is 0 Å². The van der Waals surface area contributed by atoms with Crippen LogP contribution < -0.4 is 52.4 Å². The van der Waals surface area contributed by atoms with Gasteiger partial charge < -0.3 is 24.2 Å². The van der Waals surface area contributed by atoms with E-state index in [2.05, 4.69) is 336 Å². The van der Waals surface area contributed by atoms with Crippen molar-refractivity contribution in [3.63, 3.8) is 0 Å². The van der Waals surface area contributed by atoms with E-state index in [0.717, 1.165) is 51.0 Å². The Bertz CT molecular complexity index is 5120. The molecule has 0 aliphatic carbocycles. The molecule has 0 spiro atoms.